The number of aromatic nitrogens is 2. The number of aryl methyl sites for hydroxylation is 1. The third-order valence-corrected chi connectivity index (χ3v) is 2.84. The van der Waals surface area contributed by atoms with Crippen molar-refractivity contribution in [1.29, 1.82) is 0 Å². The monoisotopic (exact) mass is 242 g/mol. The Labute approximate surface area is 107 Å². The van der Waals surface area contributed by atoms with E-state index >= 15 is 0 Å². The largest absolute Gasteiger partial charge is 0.348 e. The fourth-order valence-electron chi connectivity index (χ4n) is 1.95. The van der Waals surface area contributed by atoms with Crippen LogP contribution >= 0.6 is 0 Å². The van der Waals surface area contributed by atoms with Crippen LogP contribution in [0.1, 0.15) is 41.5 Å². The lowest BCUT2D eigenvalue weighted by molar-refractivity contribution is 0.0981. The number of hydrogen-bond acceptors (Lipinski definition) is 2. The van der Waals surface area contributed by atoms with Gasteiger partial charge >= 0.3 is 0 Å². The average molecular weight is 242 g/mol. The molecular weight excluding hydrogens is 224 g/mol. The molecule has 0 unspecified atom stereocenters. The van der Waals surface area contributed by atoms with E-state index in [1.807, 2.05) is 55.1 Å². The second-order valence-corrected chi connectivity index (χ2v) is 4.52. The minimum atomic E-state index is 0.216. The SMILES string of the molecule is CCCC(=O)c1ccn(Cc2cccc(C)n2)c1. The van der Waals surface area contributed by atoms with Crippen LogP contribution in [0.25, 0.3) is 0 Å². The molecular formula is C15H18N2O. The number of hydrogen-bond donors (Lipinski definition) is 0. The zero-order valence-electron chi connectivity index (χ0n) is 10.9. The molecule has 0 N–H and O–H groups in total. The van der Waals surface area contributed by atoms with Crippen molar-refractivity contribution in [3.63, 3.8) is 0 Å². The quantitative estimate of drug-likeness (QED) is 0.754. The highest BCUT2D eigenvalue weighted by Crippen LogP contribution is 2.08. The van der Waals surface area contributed by atoms with E-state index in [2.05, 4.69) is 4.98 Å². The van der Waals surface area contributed by atoms with E-state index in [9.17, 15) is 4.79 Å². The molecule has 2 rings (SSSR count). The van der Waals surface area contributed by atoms with E-state index in [4.69, 9.17) is 0 Å². The molecule has 2 aromatic rings. The van der Waals surface area contributed by atoms with E-state index in [1.165, 1.54) is 0 Å². The summed E-state index contributed by atoms with van der Waals surface area (Å²) >= 11 is 0. The van der Waals surface area contributed by atoms with Crippen molar-refractivity contribution in [2.45, 2.75) is 33.2 Å². The summed E-state index contributed by atoms with van der Waals surface area (Å²) in [7, 11) is 0. The molecule has 0 saturated carbocycles. The summed E-state index contributed by atoms with van der Waals surface area (Å²) in [5.74, 6) is 0.216. The summed E-state index contributed by atoms with van der Waals surface area (Å²) in [6, 6.07) is 7.87. The Balaban J connectivity index is 2.09. The van der Waals surface area contributed by atoms with Crippen molar-refractivity contribution >= 4 is 5.78 Å². The van der Waals surface area contributed by atoms with Gasteiger partial charge < -0.3 is 4.57 Å². The van der Waals surface area contributed by atoms with Gasteiger partial charge in [0.25, 0.3) is 0 Å². The molecule has 0 fully saturated rings. The van der Waals surface area contributed by atoms with Crippen molar-refractivity contribution in [1.82, 2.24) is 9.55 Å². The third-order valence-electron chi connectivity index (χ3n) is 2.84. The molecule has 0 saturated heterocycles. The average Bonchev–Trinajstić information content (AvgIpc) is 2.78. The molecule has 3 nitrogen and oxygen atoms in total. The number of ketones is 1. The van der Waals surface area contributed by atoms with Crippen LogP contribution in [0.4, 0.5) is 0 Å². The van der Waals surface area contributed by atoms with Gasteiger partial charge in [0.2, 0.25) is 0 Å². The van der Waals surface area contributed by atoms with Crippen molar-refractivity contribution in [3.05, 3.63) is 53.6 Å². The third kappa shape index (κ3) is 3.06. The van der Waals surface area contributed by atoms with E-state index in [0.717, 1.165) is 23.4 Å². The van der Waals surface area contributed by atoms with Crippen LogP contribution in [0, 0.1) is 6.92 Å². The lowest BCUT2D eigenvalue weighted by atomic mass is 10.1. The lowest BCUT2D eigenvalue weighted by Gasteiger charge is -2.03. The second-order valence-electron chi connectivity index (χ2n) is 4.52. The van der Waals surface area contributed by atoms with Gasteiger partial charge in [-0.3, -0.25) is 9.78 Å². The molecule has 94 valence electrons. The van der Waals surface area contributed by atoms with Gasteiger partial charge in [0, 0.05) is 30.1 Å². The molecule has 2 aromatic heterocycles. The second kappa shape index (κ2) is 5.63. The molecule has 0 aliphatic rings. The maximum Gasteiger partial charge on any atom is 0.164 e. The molecule has 0 bridgehead atoms. The summed E-state index contributed by atoms with van der Waals surface area (Å²) in [5, 5.41) is 0. The van der Waals surface area contributed by atoms with E-state index in [1.54, 1.807) is 0 Å². The Kier molecular flexibility index (Phi) is 3.92. The smallest absolute Gasteiger partial charge is 0.164 e. The summed E-state index contributed by atoms with van der Waals surface area (Å²) in [4.78, 5) is 16.2. The van der Waals surface area contributed by atoms with Gasteiger partial charge in [0.1, 0.15) is 0 Å². The predicted molar refractivity (Wildman–Crippen MR) is 71.7 cm³/mol. The minimum Gasteiger partial charge on any atom is -0.348 e. The first-order chi connectivity index (χ1) is 8.69. The highest BCUT2D eigenvalue weighted by atomic mass is 16.1. The molecule has 0 spiro atoms. The molecule has 0 aliphatic heterocycles. The van der Waals surface area contributed by atoms with Gasteiger partial charge in [-0.15, -0.1) is 0 Å². The van der Waals surface area contributed by atoms with Gasteiger partial charge in [0.15, 0.2) is 5.78 Å². The van der Waals surface area contributed by atoms with Crippen LogP contribution in [-0.2, 0) is 6.54 Å². The van der Waals surface area contributed by atoms with Crippen LogP contribution in [0.2, 0.25) is 0 Å². The van der Waals surface area contributed by atoms with Crippen molar-refractivity contribution in [2.75, 3.05) is 0 Å². The first-order valence-corrected chi connectivity index (χ1v) is 6.30. The first-order valence-electron chi connectivity index (χ1n) is 6.30. The molecule has 0 aliphatic carbocycles. The van der Waals surface area contributed by atoms with Crippen LogP contribution in [0.15, 0.2) is 36.7 Å². The van der Waals surface area contributed by atoms with Crippen LogP contribution < -0.4 is 0 Å². The maximum absolute atomic E-state index is 11.7. The van der Waals surface area contributed by atoms with E-state index < -0.39 is 0 Å². The summed E-state index contributed by atoms with van der Waals surface area (Å²) in [6.45, 7) is 4.71. The van der Waals surface area contributed by atoms with Crippen LogP contribution in [0.3, 0.4) is 0 Å². The Morgan fingerprint density at radius 3 is 2.89 bits per heavy atom. The maximum atomic E-state index is 11.7. The standard InChI is InChI=1S/C15H18N2O/c1-3-5-15(18)13-8-9-17(10-13)11-14-7-4-6-12(2)16-14/h4,6-10H,3,5,11H2,1-2H3. The highest BCUT2D eigenvalue weighted by Gasteiger charge is 2.06. The molecule has 0 atom stereocenters. The molecule has 18 heavy (non-hydrogen) atoms. The van der Waals surface area contributed by atoms with Crippen molar-refractivity contribution in [3.8, 4) is 0 Å². The zero-order valence-corrected chi connectivity index (χ0v) is 10.9. The first kappa shape index (κ1) is 12.6. The highest BCUT2D eigenvalue weighted by molar-refractivity contribution is 5.95. The Bertz CT molecular complexity index is 543. The Morgan fingerprint density at radius 1 is 1.33 bits per heavy atom. The van der Waals surface area contributed by atoms with Gasteiger partial charge in [0.05, 0.1) is 12.2 Å². The number of carbonyl (C=O) groups excluding carboxylic acids is 1. The number of Topliss-reactive ketones (excluding diaryl/α,β-unsaturated/α-hetero) is 1. The number of nitrogens with zero attached hydrogens (tertiary/aromatic N) is 2. The molecule has 0 amide bonds. The van der Waals surface area contributed by atoms with Crippen LogP contribution in [-0.4, -0.2) is 15.3 Å². The normalized spacial score (nSPS) is 10.6. The summed E-state index contributed by atoms with van der Waals surface area (Å²) in [6.07, 6.45) is 5.35. The zero-order chi connectivity index (χ0) is 13.0. The molecule has 0 radical (unpaired) electrons. The minimum absolute atomic E-state index is 0.216. The van der Waals surface area contributed by atoms with Gasteiger partial charge in [-0.1, -0.05) is 13.0 Å². The fraction of sp³-hybridized carbons (Fsp3) is 0.333. The molecule has 0 aromatic carbocycles. The Hall–Kier alpha value is -1.90. The lowest BCUT2D eigenvalue weighted by Crippen LogP contribution is -2.01. The molecule has 3 heteroatoms. The Morgan fingerprint density at radius 2 is 2.17 bits per heavy atom. The van der Waals surface area contributed by atoms with Crippen molar-refractivity contribution < 1.29 is 4.79 Å². The number of pyridine rings is 1. The van der Waals surface area contributed by atoms with Gasteiger partial charge in [-0.25, -0.2) is 0 Å². The van der Waals surface area contributed by atoms with Gasteiger partial charge in [-0.05, 0) is 31.5 Å². The predicted octanol–water partition coefficient (Wildman–Crippen LogP) is 3.22. The van der Waals surface area contributed by atoms with Crippen LogP contribution in [0.5, 0.6) is 0 Å². The van der Waals surface area contributed by atoms with Gasteiger partial charge in [-0.2, -0.15) is 0 Å². The van der Waals surface area contributed by atoms with E-state index in [-0.39, 0.29) is 5.78 Å². The molecule has 2 heterocycles. The fourth-order valence-corrected chi connectivity index (χ4v) is 1.95. The van der Waals surface area contributed by atoms with Crippen molar-refractivity contribution in [2.24, 2.45) is 0 Å². The topological polar surface area (TPSA) is 34.9 Å². The summed E-state index contributed by atoms with van der Waals surface area (Å²) < 4.78 is 2.00. The summed E-state index contributed by atoms with van der Waals surface area (Å²) in [5.41, 5.74) is 2.83. The number of carbonyl (C=O) groups is 1. The van der Waals surface area contributed by atoms with E-state index in [0.29, 0.717) is 13.0 Å². The number of rotatable bonds is 5.